The van der Waals surface area contributed by atoms with Gasteiger partial charge in [0.25, 0.3) is 0 Å². The molecule has 0 saturated carbocycles. The van der Waals surface area contributed by atoms with E-state index < -0.39 is 28.5 Å². The highest BCUT2D eigenvalue weighted by molar-refractivity contribution is 7.92. The maximum atomic E-state index is 13.9. The minimum atomic E-state index is -3.78. The number of likely N-dealkylation sites (N-methyl/N-ethyl adjacent to an activating group) is 1. The fraction of sp³-hybridized carbons (Fsp3) is 0.333. The van der Waals surface area contributed by atoms with E-state index in [1.54, 1.807) is 12.1 Å². The van der Waals surface area contributed by atoms with Crippen molar-refractivity contribution in [3.8, 4) is 0 Å². The zero-order valence-corrected chi connectivity index (χ0v) is 23.5. The molecule has 0 unspecified atom stereocenters. The van der Waals surface area contributed by atoms with E-state index in [4.69, 9.17) is 0 Å². The van der Waals surface area contributed by atoms with Crippen LogP contribution in [0.2, 0.25) is 0 Å². The Morgan fingerprint density at radius 2 is 1.47 bits per heavy atom. The second kappa shape index (κ2) is 12.7. The van der Waals surface area contributed by atoms with Crippen molar-refractivity contribution in [2.24, 2.45) is 0 Å². The van der Waals surface area contributed by atoms with E-state index in [1.807, 2.05) is 73.7 Å². The first-order valence-electron chi connectivity index (χ1n) is 12.7. The molecule has 0 heterocycles. The Morgan fingerprint density at radius 3 is 2.00 bits per heavy atom. The van der Waals surface area contributed by atoms with E-state index in [0.717, 1.165) is 32.8 Å². The van der Waals surface area contributed by atoms with Crippen LogP contribution in [0, 0.1) is 6.92 Å². The van der Waals surface area contributed by atoms with Crippen molar-refractivity contribution < 1.29 is 18.0 Å². The van der Waals surface area contributed by atoms with E-state index >= 15 is 0 Å². The lowest BCUT2D eigenvalue weighted by atomic mass is 10.0. The molecule has 8 heteroatoms. The van der Waals surface area contributed by atoms with Gasteiger partial charge in [-0.3, -0.25) is 13.9 Å². The van der Waals surface area contributed by atoms with Crippen LogP contribution in [0.1, 0.15) is 42.0 Å². The molecule has 0 aliphatic heterocycles. The van der Waals surface area contributed by atoms with Crippen LogP contribution in [0.25, 0.3) is 0 Å². The Kier molecular flexibility index (Phi) is 9.69. The smallest absolute Gasteiger partial charge is 0.244 e. The molecule has 0 aliphatic carbocycles. The summed E-state index contributed by atoms with van der Waals surface area (Å²) in [6, 6.07) is 23.5. The molecule has 0 radical (unpaired) electrons. The lowest BCUT2D eigenvalue weighted by molar-refractivity contribution is -0.139. The summed E-state index contributed by atoms with van der Waals surface area (Å²) in [4.78, 5) is 28.5. The number of hydrogen-bond acceptors (Lipinski definition) is 4. The van der Waals surface area contributed by atoms with Crippen LogP contribution in [-0.2, 0) is 32.6 Å². The zero-order chi connectivity index (χ0) is 27.9. The number of amides is 2. The van der Waals surface area contributed by atoms with Gasteiger partial charge in [0.05, 0.1) is 11.9 Å². The van der Waals surface area contributed by atoms with Crippen LogP contribution in [0.3, 0.4) is 0 Å². The van der Waals surface area contributed by atoms with Gasteiger partial charge in [-0.1, -0.05) is 86.1 Å². The fourth-order valence-electron chi connectivity index (χ4n) is 4.25. The number of aryl methyl sites for hydroxylation is 1. The van der Waals surface area contributed by atoms with Gasteiger partial charge in [0.1, 0.15) is 12.6 Å². The largest absolute Gasteiger partial charge is 0.357 e. The van der Waals surface area contributed by atoms with E-state index in [0.29, 0.717) is 12.1 Å². The average Bonchev–Trinajstić information content (AvgIpc) is 2.89. The second-order valence-electron chi connectivity index (χ2n) is 9.84. The Balaban J connectivity index is 2.00. The minimum absolute atomic E-state index is 0.161. The van der Waals surface area contributed by atoms with Crippen molar-refractivity contribution in [1.82, 2.24) is 10.2 Å². The number of hydrogen-bond donors (Lipinski definition) is 1. The van der Waals surface area contributed by atoms with Crippen molar-refractivity contribution >= 4 is 27.5 Å². The summed E-state index contributed by atoms with van der Waals surface area (Å²) < 4.78 is 26.8. The molecule has 3 aromatic carbocycles. The number of sulfonamides is 1. The van der Waals surface area contributed by atoms with Crippen molar-refractivity contribution in [1.29, 1.82) is 0 Å². The summed E-state index contributed by atoms with van der Waals surface area (Å²) in [5, 5.41) is 2.68. The number of rotatable bonds is 11. The molecule has 202 valence electrons. The molecule has 0 fully saturated rings. The number of nitrogens with zero attached hydrogens (tertiary/aromatic N) is 2. The van der Waals surface area contributed by atoms with Crippen LogP contribution in [0.15, 0.2) is 78.9 Å². The molecule has 2 amide bonds. The van der Waals surface area contributed by atoms with Crippen LogP contribution < -0.4 is 9.62 Å². The third-order valence-electron chi connectivity index (χ3n) is 6.52. The first kappa shape index (κ1) is 28.9. The normalized spacial score (nSPS) is 12.2. The predicted molar refractivity (Wildman–Crippen MR) is 152 cm³/mol. The second-order valence-corrected chi connectivity index (χ2v) is 11.7. The highest BCUT2D eigenvalue weighted by Gasteiger charge is 2.32. The average molecular weight is 536 g/mol. The summed E-state index contributed by atoms with van der Waals surface area (Å²) in [5.41, 5.74) is 4.29. The van der Waals surface area contributed by atoms with Gasteiger partial charge in [0.15, 0.2) is 0 Å². The van der Waals surface area contributed by atoms with Gasteiger partial charge < -0.3 is 10.2 Å². The van der Waals surface area contributed by atoms with Gasteiger partial charge in [-0.05, 0) is 41.7 Å². The van der Waals surface area contributed by atoms with E-state index in [9.17, 15) is 18.0 Å². The van der Waals surface area contributed by atoms with Gasteiger partial charge in [-0.2, -0.15) is 0 Å². The van der Waals surface area contributed by atoms with Gasteiger partial charge >= 0.3 is 0 Å². The third-order valence-corrected chi connectivity index (χ3v) is 7.66. The van der Waals surface area contributed by atoms with Gasteiger partial charge in [0.2, 0.25) is 21.8 Å². The van der Waals surface area contributed by atoms with Crippen LogP contribution in [0.5, 0.6) is 0 Å². The standard InChI is InChI=1S/C30H37N3O4S/c1-22(2)26-15-17-27(18-16-26)33(38(5,36)37)21-29(34)32(20-25-13-11-23(3)12-14-25)28(30(35)31-4)19-24-9-7-6-8-10-24/h6-18,22,28H,19-21H2,1-5H3,(H,31,35)/t28-/m0/s1. The first-order chi connectivity index (χ1) is 18.0. The molecule has 3 aromatic rings. The summed E-state index contributed by atoms with van der Waals surface area (Å²) in [6.45, 7) is 5.83. The molecule has 3 rings (SSSR count). The van der Waals surface area contributed by atoms with Crippen molar-refractivity contribution in [2.75, 3.05) is 24.2 Å². The van der Waals surface area contributed by atoms with Gasteiger partial charge in [0, 0.05) is 20.0 Å². The lowest BCUT2D eigenvalue weighted by Crippen LogP contribution is -2.52. The molecule has 0 aromatic heterocycles. The lowest BCUT2D eigenvalue weighted by Gasteiger charge is -2.33. The van der Waals surface area contributed by atoms with Crippen LogP contribution >= 0.6 is 0 Å². The van der Waals surface area contributed by atoms with E-state index in [1.165, 1.54) is 11.9 Å². The Hall–Kier alpha value is -3.65. The molecule has 0 bridgehead atoms. The quantitative estimate of drug-likeness (QED) is 0.397. The molecule has 0 spiro atoms. The van der Waals surface area contributed by atoms with E-state index in [2.05, 4.69) is 19.2 Å². The molecule has 7 nitrogen and oxygen atoms in total. The Labute approximate surface area is 226 Å². The topological polar surface area (TPSA) is 86.8 Å². The highest BCUT2D eigenvalue weighted by Crippen LogP contribution is 2.23. The molecule has 0 aliphatic rings. The SMILES string of the molecule is CNC(=O)[C@H](Cc1ccccc1)N(Cc1ccc(C)cc1)C(=O)CN(c1ccc(C(C)C)cc1)S(C)(=O)=O. The van der Waals surface area contributed by atoms with Crippen LogP contribution in [-0.4, -0.2) is 51.0 Å². The van der Waals surface area contributed by atoms with Gasteiger partial charge in [-0.15, -0.1) is 0 Å². The van der Waals surface area contributed by atoms with Crippen LogP contribution in [0.4, 0.5) is 5.69 Å². The summed E-state index contributed by atoms with van der Waals surface area (Å²) in [6.07, 6.45) is 1.38. The Bertz CT molecular complexity index is 1320. The molecule has 1 atom stereocenters. The number of benzene rings is 3. The first-order valence-corrected chi connectivity index (χ1v) is 14.5. The molecule has 1 N–H and O–H groups in total. The number of carbonyl (C=O) groups excluding carboxylic acids is 2. The molecular weight excluding hydrogens is 498 g/mol. The number of anilines is 1. The number of carbonyl (C=O) groups is 2. The van der Waals surface area contributed by atoms with E-state index in [-0.39, 0.29) is 18.4 Å². The number of nitrogens with one attached hydrogen (secondary N) is 1. The fourth-order valence-corrected chi connectivity index (χ4v) is 5.10. The maximum Gasteiger partial charge on any atom is 0.244 e. The zero-order valence-electron chi connectivity index (χ0n) is 22.7. The summed E-state index contributed by atoms with van der Waals surface area (Å²) in [5.74, 6) is -0.497. The predicted octanol–water partition coefficient (Wildman–Crippen LogP) is 4.27. The molecule has 0 saturated heterocycles. The minimum Gasteiger partial charge on any atom is -0.357 e. The van der Waals surface area contributed by atoms with Crippen molar-refractivity contribution in [3.63, 3.8) is 0 Å². The molecular formula is C30H37N3O4S. The molecule has 38 heavy (non-hydrogen) atoms. The van der Waals surface area contributed by atoms with Gasteiger partial charge in [-0.25, -0.2) is 8.42 Å². The van der Waals surface area contributed by atoms with Crippen molar-refractivity contribution in [3.05, 3.63) is 101 Å². The summed E-state index contributed by atoms with van der Waals surface area (Å²) in [7, 11) is -2.25. The summed E-state index contributed by atoms with van der Waals surface area (Å²) >= 11 is 0. The monoisotopic (exact) mass is 535 g/mol. The highest BCUT2D eigenvalue weighted by atomic mass is 32.2. The maximum absolute atomic E-state index is 13.9. The third kappa shape index (κ3) is 7.68. The van der Waals surface area contributed by atoms with Crippen molar-refractivity contribution in [2.45, 2.75) is 45.7 Å². The Morgan fingerprint density at radius 1 is 0.868 bits per heavy atom.